The van der Waals surface area contributed by atoms with Crippen molar-refractivity contribution in [2.45, 2.75) is 31.5 Å². The van der Waals surface area contributed by atoms with Gasteiger partial charge in [-0.15, -0.1) is 0 Å². The zero-order valence-corrected chi connectivity index (χ0v) is 17.0. The van der Waals surface area contributed by atoms with Gasteiger partial charge in [0.05, 0.1) is 18.3 Å². The maximum atomic E-state index is 13.5. The molecule has 2 unspecified atom stereocenters. The second kappa shape index (κ2) is 8.43. The maximum Gasteiger partial charge on any atom is 0.258 e. The Hall–Kier alpha value is -2.57. The molecule has 0 aliphatic carbocycles. The van der Waals surface area contributed by atoms with Gasteiger partial charge in [0.1, 0.15) is 18.0 Å². The van der Waals surface area contributed by atoms with E-state index >= 15 is 0 Å². The molecule has 1 saturated heterocycles. The zero-order valence-electron chi connectivity index (χ0n) is 17.0. The molecule has 2 heterocycles. The van der Waals surface area contributed by atoms with Crippen LogP contribution in [0.4, 0.5) is 5.69 Å². The highest BCUT2D eigenvalue weighted by Crippen LogP contribution is 2.39. The molecule has 154 valence electrons. The van der Waals surface area contributed by atoms with Crippen LogP contribution >= 0.6 is 0 Å². The van der Waals surface area contributed by atoms with Gasteiger partial charge in [-0.05, 0) is 44.0 Å². The molecule has 2 aromatic carbocycles. The Kier molecular flexibility index (Phi) is 5.74. The molecule has 1 fully saturated rings. The minimum absolute atomic E-state index is 0.0167. The summed E-state index contributed by atoms with van der Waals surface area (Å²) >= 11 is 0. The number of nitrogens with zero attached hydrogens (tertiary/aromatic N) is 1. The summed E-state index contributed by atoms with van der Waals surface area (Å²) in [6.07, 6.45) is 2.07. The molecule has 0 aromatic heterocycles. The van der Waals surface area contributed by atoms with Gasteiger partial charge in [0.2, 0.25) is 0 Å². The summed E-state index contributed by atoms with van der Waals surface area (Å²) in [6.45, 7) is 4.36. The third-order valence-electron chi connectivity index (χ3n) is 5.68. The number of carbonyl (C=O) groups is 1. The van der Waals surface area contributed by atoms with E-state index in [0.717, 1.165) is 36.4 Å². The van der Waals surface area contributed by atoms with E-state index in [4.69, 9.17) is 14.2 Å². The van der Waals surface area contributed by atoms with Crippen molar-refractivity contribution in [3.05, 3.63) is 59.7 Å². The first-order valence-corrected chi connectivity index (χ1v) is 10.1. The Morgan fingerprint density at radius 2 is 2.07 bits per heavy atom. The number of hydrogen-bond donors (Lipinski definition) is 1. The van der Waals surface area contributed by atoms with Crippen molar-refractivity contribution >= 4 is 11.6 Å². The molecule has 0 radical (unpaired) electrons. The summed E-state index contributed by atoms with van der Waals surface area (Å²) in [6, 6.07) is 15.6. The lowest BCUT2D eigenvalue weighted by Crippen LogP contribution is -2.57. The number of hydrogen-bond acceptors (Lipinski definition) is 5. The van der Waals surface area contributed by atoms with E-state index in [1.165, 1.54) is 0 Å². The number of nitrogens with one attached hydrogen (secondary N) is 1. The molecule has 29 heavy (non-hydrogen) atoms. The van der Waals surface area contributed by atoms with E-state index < -0.39 is 5.66 Å². The van der Waals surface area contributed by atoms with E-state index in [1.807, 2.05) is 60.4 Å². The first-order chi connectivity index (χ1) is 14.1. The van der Waals surface area contributed by atoms with Crippen LogP contribution in [-0.2, 0) is 15.1 Å². The van der Waals surface area contributed by atoms with Crippen LogP contribution in [0.25, 0.3) is 0 Å². The molecule has 2 atom stereocenters. The standard InChI is InChI=1S/C23H28N2O4/c1-23(17-7-5-8-18(15-17)29-14-13-27-2)24-21-11-4-3-10-20(21)22(26)25(23)16-19-9-6-12-28-19/h3-5,7-8,10-11,15,19,24H,6,9,12-14,16H2,1-2H3. The van der Waals surface area contributed by atoms with Crippen LogP contribution in [0.5, 0.6) is 5.75 Å². The Labute approximate surface area is 171 Å². The SMILES string of the molecule is COCCOc1cccc(C2(C)Nc3ccccc3C(=O)N2CC2CCCO2)c1. The number of anilines is 1. The second-order valence-electron chi connectivity index (χ2n) is 7.66. The van der Waals surface area contributed by atoms with Gasteiger partial charge in [-0.2, -0.15) is 0 Å². The number of fused-ring (bicyclic) bond motifs is 1. The number of methoxy groups -OCH3 is 1. The third-order valence-corrected chi connectivity index (χ3v) is 5.68. The van der Waals surface area contributed by atoms with E-state index in [0.29, 0.717) is 25.3 Å². The largest absolute Gasteiger partial charge is 0.491 e. The molecule has 0 spiro atoms. The van der Waals surface area contributed by atoms with Gasteiger partial charge >= 0.3 is 0 Å². The molecular formula is C23H28N2O4. The topological polar surface area (TPSA) is 60.0 Å². The molecule has 1 amide bonds. The quantitative estimate of drug-likeness (QED) is 0.724. The summed E-state index contributed by atoms with van der Waals surface area (Å²) in [5.41, 5.74) is 1.79. The molecule has 4 rings (SSSR count). The van der Waals surface area contributed by atoms with Gasteiger partial charge in [0.25, 0.3) is 5.91 Å². The van der Waals surface area contributed by atoms with Crippen LogP contribution in [0.1, 0.15) is 35.7 Å². The third kappa shape index (κ3) is 3.95. The monoisotopic (exact) mass is 396 g/mol. The minimum atomic E-state index is -0.710. The number of benzene rings is 2. The number of rotatable bonds is 7. The molecule has 6 heteroatoms. The van der Waals surface area contributed by atoms with E-state index in [9.17, 15) is 4.79 Å². The average molecular weight is 396 g/mol. The highest BCUT2D eigenvalue weighted by molar-refractivity contribution is 6.02. The van der Waals surface area contributed by atoms with Crippen molar-refractivity contribution in [3.63, 3.8) is 0 Å². The first-order valence-electron chi connectivity index (χ1n) is 10.1. The first kappa shape index (κ1) is 19.7. The smallest absolute Gasteiger partial charge is 0.258 e. The van der Waals surface area contributed by atoms with Gasteiger partial charge in [0, 0.05) is 31.5 Å². The van der Waals surface area contributed by atoms with E-state index in [-0.39, 0.29) is 12.0 Å². The summed E-state index contributed by atoms with van der Waals surface area (Å²) in [4.78, 5) is 15.4. The minimum Gasteiger partial charge on any atom is -0.491 e. The fourth-order valence-corrected chi connectivity index (χ4v) is 4.07. The molecule has 0 saturated carbocycles. The predicted octanol–water partition coefficient (Wildman–Crippen LogP) is 3.63. The van der Waals surface area contributed by atoms with Crippen molar-refractivity contribution < 1.29 is 19.0 Å². The molecule has 2 aromatic rings. The molecule has 6 nitrogen and oxygen atoms in total. The lowest BCUT2D eigenvalue weighted by atomic mass is 9.92. The summed E-state index contributed by atoms with van der Waals surface area (Å²) in [5.74, 6) is 0.772. The highest BCUT2D eigenvalue weighted by Gasteiger charge is 2.43. The van der Waals surface area contributed by atoms with Crippen molar-refractivity contribution in [1.29, 1.82) is 0 Å². The van der Waals surface area contributed by atoms with Gasteiger partial charge < -0.3 is 24.4 Å². The fraction of sp³-hybridized carbons (Fsp3) is 0.435. The second-order valence-corrected chi connectivity index (χ2v) is 7.66. The molecule has 2 aliphatic heterocycles. The van der Waals surface area contributed by atoms with E-state index in [1.54, 1.807) is 7.11 Å². The fourth-order valence-electron chi connectivity index (χ4n) is 4.07. The van der Waals surface area contributed by atoms with Gasteiger partial charge in [-0.1, -0.05) is 24.3 Å². The summed E-state index contributed by atoms with van der Waals surface area (Å²) < 4.78 is 16.7. The van der Waals surface area contributed by atoms with Crippen LogP contribution in [0.15, 0.2) is 48.5 Å². The van der Waals surface area contributed by atoms with Crippen LogP contribution in [0.2, 0.25) is 0 Å². The summed E-state index contributed by atoms with van der Waals surface area (Å²) in [7, 11) is 1.65. The van der Waals surface area contributed by atoms with Crippen molar-refractivity contribution in [2.75, 3.05) is 38.8 Å². The van der Waals surface area contributed by atoms with E-state index in [2.05, 4.69) is 5.32 Å². The zero-order chi connectivity index (χ0) is 20.3. The maximum absolute atomic E-state index is 13.5. The molecule has 0 bridgehead atoms. The number of amides is 1. The van der Waals surface area contributed by atoms with Crippen LogP contribution in [0.3, 0.4) is 0 Å². The Morgan fingerprint density at radius 1 is 1.21 bits per heavy atom. The summed E-state index contributed by atoms with van der Waals surface area (Å²) in [5, 5.41) is 3.61. The van der Waals surface area contributed by atoms with Crippen molar-refractivity contribution in [2.24, 2.45) is 0 Å². The predicted molar refractivity (Wildman–Crippen MR) is 111 cm³/mol. The average Bonchev–Trinajstić information content (AvgIpc) is 3.25. The van der Waals surface area contributed by atoms with Crippen LogP contribution < -0.4 is 10.1 Å². The van der Waals surface area contributed by atoms with Crippen molar-refractivity contribution in [1.82, 2.24) is 4.90 Å². The van der Waals surface area contributed by atoms with Crippen molar-refractivity contribution in [3.8, 4) is 5.75 Å². The molecular weight excluding hydrogens is 368 g/mol. The van der Waals surface area contributed by atoms with Gasteiger partial charge in [-0.3, -0.25) is 4.79 Å². The van der Waals surface area contributed by atoms with Crippen LogP contribution in [-0.4, -0.2) is 50.4 Å². The highest BCUT2D eigenvalue weighted by atomic mass is 16.5. The number of carbonyl (C=O) groups excluding carboxylic acids is 1. The normalized spacial score (nSPS) is 23.6. The van der Waals surface area contributed by atoms with Crippen LogP contribution in [0, 0.1) is 0 Å². The number of ether oxygens (including phenoxy) is 3. The molecule has 2 aliphatic rings. The van der Waals surface area contributed by atoms with Gasteiger partial charge in [0.15, 0.2) is 0 Å². The Morgan fingerprint density at radius 3 is 2.86 bits per heavy atom. The lowest BCUT2D eigenvalue weighted by Gasteiger charge is -2.47. The Bertz CT molecular complexity index is 865. The van der Waals surface area contributed by atoms with Gasteiger partial charge in [-0.25, -0.2) is 0 Å². The number of para-hydroxylation sites is 1. The molecule has 1 N–H and O–H groups in total. The lowest BCUT2D eigenvalue weighted by molar-refractivity contribution is 0.0242. The Balaban J connectivity index is 1.69.